The van der Waals surface area contributed by atoms with E-state index in [2.05, 4.69) is 10.3 Å². The van der Waals surface area contributed by atoms with Crippen LogP contribution in [0, 0.1) is 0 Å². The van der Waals surface area contributed by atoms with Crippen LogP contribution < -0.4 is 9.97 Å². The van der Waals surface area contributed by atoms with Gasteiger partial charge in [-0.25, -0.2) is 9.78 Å². The van der Waals surface area contributed by atoms with Crippen molar-refractivity contribution in [2.75, 3.05) is 0 Å². The molecule has 2 heterocycles. The van der Waals surface area contributed by atoms with E-state index in [-0.39, 0.29) is 17.7 Å². The maximum atomic E-state index is 11.9. The Bertz CT molecular complexity index is 789. The third-order valence-corrected chi connectivity index (χ3v) is 3.53. The number of benzene rings is 1. The van der Waals surface area contributed by atoms with Crippen LogP contribution in [0.1, 0.15) is 21.6 Å². The summed E-state index contributed by atoms with van der Waals surface area (Å²) >= 11 is 0. The van der Waals surface area contributed by atoms with Crippen LogP contribution in [0.2, 0.25) is 0 Å². The zero-order chi connectivity index (χ0) is 17.1. The fourth-order valence-corrected chi connectivity index (χ4v) is 2.41. The van der Waals surface area contributed by atoms with Crippen molar-refractivity contribution < 1.29 is 28.8 Å². The van der Waals surface area contributed by atoms with Gasteiger partial charge in [0.25, 0.3) is 0 Å². The molecule has 0 saturated carbocycles. The van der Waals surface area contributed by atoms with Crippen LogP contribution in [0.5, 0.6) is 5.75 Å². The van der Waals surface area contributed by atoms with Gasteiger partial charge in [0.2, 0.25) is 5.91 Å². The van der Waals surface area contributed by atoms with Crippen molar-refractivity contribution in [3.05, 3.63) is 53.8 Å². The number of carboxylic acid groups (broad SMARTS) is 1. The third kappa shape index (κ3) is 3.30. The molecular formula is C15H13BN2O6. The standard InChI is InChI=1S/C15H13BN2O6/c19-13(5-4-10-7-23-8-17-10)18-12-6-9-2-1-3-11(15(20)21)14(9)24-16(12)22/h1-5,7-8,12,22H,6H2,(H,18,19)(H,20,21)/t12-/m0/s1. The number of rotatable bonds is 4. The van der Waals surface area contributed by atoms with Crippen molar-refractivity contribution >= 4 is 25.1 Å². The number of nitrogens with one attached hydrogen (secondary N) is 1. The molecule has 0 radical (unpaired) electrons. The first kappa shape index (κ1) is 15.8. The molecule has 122 valence electrons. The molecule has 0 unspecified atom stereocenters. The molecule has 1 aromatic heterocycles. The lowest BCUT2D eigenvalue weighted by atomic mass is 9.72. The van der Waals surface area contributed by atoms with Gasteiger partial charge < -0.3 is 24.5 Å². The van der Waals surface area contributed by atoms with Crippen molar-refractivity contribution in [3.63, 3.8) is 0 Å². The summed E-state index contributed by atoms with van der Waals surface area (Å²) in [5.74, 6) is -2.15. The molecule has 0 saturated heterocycles. The van der Waals surface area contributed by atoms with E-state index in [0.29, 0.717) is 11.3 Å². The number of carbonyl (C=O) groups excluding carboxylic acids is 1. The Hall–Kier alpha value is -3.07. The second-order valence-electron chi connectivity index (χ2n) is 5.17. The van der Waals surface area contributed by atoms with Gasteiger partial charge in [0.1, 0.15) is 17.7 Å². The molecule has 1 amide bonds. The summed E-state index contributed by atoms with van der Waals surface area (Å²) in [5, 5.41) is 21.8. The zero-order valence-electron chi connectivity index (χ0n) is 12.4. The summed E-state index contributed by atoms with van der Waals surface area (Å²) in [6, 6.07) is 4.68. The highest BCUT2D eigenvalue weighted by molar-refractivity contribution is 6.47. The van der Waals surface area contributed by atoms with Gasteiger partial charge in [-0.2, -0.15) is 0 Å². The predicted molar refractivity (Wildman–Crippen MR) is 83.2 cm³/mol. The Balaban J connectivity index is 1.71. The molecule has 1 aromatic carbocycles. The molecule has 1 atom stereocenters. The van der Waals surface area contributed by atoms with E-state index in [1.54, 1.807) is 12.1 Å². The van der Waals surface area contributed by atoms with Gasteiger partial charge in [-0.15, -0.1) is 0 Å². The Morgan fingerprint density at radius 2 is 2.25 bits per heavy atom. The molecule has 8 nitrogen and oxygen atoms in total. The quantitative estimate of drug-likeness (QED) is 0.552. The number of carbonyl (C=O) groups is 2. The minimum absolute atomic E-state index is 0.0257. The van der Waals surface area contributed by atoms with Gasteiger partial charge in [0.05, 0.1) is 11.5 Å². The highest BCUT2D eigenvalue weighted by Gasteiger charge is 2.37. The lowest BCUT2D eigenvalue weighted by Gasteiger charge is -2.28. The first-order chi connectivity index (χ1) is 11.5. The van der Waals surface area contributed by atoms with Gasteiger partial charge in [-0.3, -0.25) is 4.79 Å². The van der Waals surface area contributed by atoms with Gasteiger partial charge in [-0.1, -0.05) is 12.1 Å². The second-order valence-corrected chi connectivity index (χ2v) is 5.17. The lowest BCUT2D eigenvalue weighted by Crippen LogP contribution is -2.52. The normalized spacial score (nSPS) is 16.5. The van der Waals surface area contributed by atoms with E-state index >= 15 is 0 Å². The van der Waals surface area contributed by atoms with Crippen molar-refractivity contribution in [2.24, 2.45) is 0 Å². The van der Waals surface area contributed by atoms with Gasteiger partial charge in [-0.05, 0) is 24.1 Å². The largest absolute Gasteiger partial charge is 0.547 e. The fourth-order valence-electron chi connectivity index (χ4n) is 2.41. The number of aromatic nitrogens is 1. The summed E-state index contributed by atoms with van der Waals surface area (Å²) in [7, 11) is -1.34. The molecule has 3 N–H and O–H groups in total. The van der Waals surface area contributed by atoms with Crippen LogP contribution in [0.4, 0.5) is 0 Å². The number of para-hydroxylation sites is 1. The number of aromatic carboxylic acids is 1. The van der Waals surface area contributed by atoms with Crippen LogP contribution in [0.3, 0.4) is 0 Å². The van der Waals surface area contributed by atoms with Crippen LogP contribution in [-0.4, -0.2) is 40.1 Å². The first-order valence-corrected chi connectivity index (χ1v) is 7.11. The maximum absolute atomic E-state index is 11.9. The highest BCUT2D eigenvalue weighted by atomic mass is 16.5. The highest BCUT2D eigenvalue weighted by Crippen LogP contribution is 2.30. The molecule has 9 heteroatoms. The second kappa shape index (κ2) is 6.59. The molecule has 3 rings (SSSR count). The van der Waals surface area contributed by atoms with Crippen LogP contribution >= 0.6 is 0 Å². The van der Waals surface area contributed by atoms with E-state index in [0.717, 1.165) is 0 Å². The molecule has 0 aliphatic carbocycles. The van der Waals surface area contributed by atoms with Crippen LogP contribution in [0.25, 0.3) is 6.08 Å². The molecular weight excluding hydrogens is 315 g/mol. The van der Waals surface area contributed by atoms with Crippen molar-refractivity contribution in [2.45, 2.75) is 12.4 Å². The molecule has 2 aromatic rings. The number of nitrogens with zero attached hydrogens (tertiary/aromatic N) is 1. The number of amides is 1. The molecule has 0 fully saturated rings. The van der Waals surface area contributed by atoms with E-state index < -0.39 is 24.9 Å². The SMILES string of the molecule is O=C(C=Cc1cocn1)N[C@H]1Cc2cccc(C(=O)O)c2OB1O. The maximum Gasteiger partial charge on any atom is 0.547 e. The van der Waals surface area contributed by atoms with E-state index in [1.165, 1.54) is 30.9 Å². The van der Waals surface area contributed by atoms with Crippen molar-refractivity contribution in [1.29, 1.82) is 0 Å². The topological polar surface area (TPSA) is 122 Å². The predicted octanol–water partition coefficient (Wildman–Crippen LogP) is 0.526. The Kier molecular flexibility index (Phi) is 4.34. The van der Waals surface area contributed by atoms with Gasteiger partial charge in [0, 0.05) is 6.08 Å². The molecule has 1 aliphatic rings. The Labute approximate surface area is 136 Å². The fraction of sp³-hybridized carbons (Fsp3) is 0.133. The summed E-state index contributed by atoms with van der Waals surface area (Å²) in [6.07, 6.45) is 5.60. The summed E-state index contributed by atoms with van der Waals surface area (Å²) < 4.78 is 10.1. The summed E-state index contributed by atoms with van der Waals surface area (Å²) in [4.78, 5) is 26.9. The van der Waals surface area contributed by atoms with E-state index in [4.69, 9.17) is 14.2 Å². The zero-order valence-corrected chi connectivity index (χ0v) is 12.4. The van der Waals surface area contributed by atoms with E-state index in [9.17, 15) is 14.6 Å². The number of fused-ring (bicyclic) bond motifs is 1. The number of carboxylic acids is 1. The molecule has 0 bridgehead atoms. The van der Waals surface area contributed by atoms with Gasteiger partial charge >= 0.3 is 13.1 Å². The number of hydrogen-bond acceptors (Lipinski definition) is 6. The number of oxazole rings is 1. The van der Waals surface area contributed by atoms with Crippen molar-refractivity contribution in [1.82, 2.24) is 10.3 Å². The van der Waals surface area contributed by atoms with Crippen molar-refractivity contribution in [3.8, 4) is 5.75 Å². The molecule has 1 aliphatic heterocycles. The van der Waals surface area contributed by atoms with Crippen LogP contribution in [0.15, 0.2) is 41.3 Å². The third-order valence-electron chi connectivity index (χ3n) is 3.53. The monoisotopic (exact) mass is 328 g/mol. The average molecular weight is 328 g/mol. The molecule has 0 spiro atoms. The van der Waals surface area contributed by atoms with Gasteiger partial charge in [0.15, 0.2) is 6.39 Å². The summed E-state index contributed by atoms with van der Waals surface area (Å²) in [5.41, 5.74) is 1.07. The molecule has 24 heavy (non-hydrogen) atoms. The first-order valence-electron chi connectivity index (χ1n) is 7.11. The smallest absolute Gasteiger partial charge is 0.534 e. The minimum atomic E-state index is -1.34. The average Bonchev–Trinajstić information content (AvgIpc) is 3.06. The lowest BCUT2D eigenvalue weighted by molar-refractivity contribution is -0.116. The minimum Gasteiger partial charge on any atom is -0.534 e. The Morgan fingerprint density at radius 1 is 1.42 bits per heavy atom. The summed E-state index contributed by atoms with van der Waals surface area (Å²) in [6.45, 7) is 0. The van der Waals surface area contributed by atoms with Crippen LogP contribution in [-0.2, 0) is 11.2 Å². The Morgan fingerprint density at radius 3 is 2.96 bits per heavy atom. The van der Waals surface area contributed by atoms with E-state index in [1.807, 2.05) is 0 Å². The number of hydrogen-bond donors (Lipinski definition) is 3.